The standard InChI is InChI=1S/C16H24N2O2/c1-4-8-15(20-5-2)14(19)11-16-17-12-9-6-7-10-13(12)18(16)3/h6-7,9-10,14-15,19H,4-5,8,11H2,1-3H3. The monoisotopic (exact) mass is 276 g/mol. The van der Waals surface area contributed by atoms with Crippen molar-refractivity contribution in [1.82, 2.24) is 9.55 Å². The van der Waals surface area contributed by atoms with Gasteiger partial charge in [0.05, 0.1) is 23.2 Å². The number of aliphatic hydroxyl groups is 1. The van der Waals surface area contributed by atoms with Gasteiger partial charge in [0.25, 0.3) is 0 Å². The zero-order valence-electron chi connectivity index (χ0n) is 12.5. The molecule has 0 bridgehead atoms. The largest absolute Gasteiger partial charge is 0.390 e. The molecule has 1 aromatic carbocycles. The molecule has 0 radical (unpaired) electrons. The van der Waals surface area contributed by atoms with Crippen LogP contribution in [0, 0.1) is 0 Å². The molecule has 1 N–H and O–H groups in total. The van der Waals surface area contributed by atoms with Crippen LogP contribution in [0.4, 0.5) is 0 Å². The first-order chi connectivity index (χ1) is 9.67. The maximum Gasteiger partial charge on any atom is 0.112 e. The molecule has 4 heteroatoms. The van der Waals surface area contributed by atoms with Crippen LogP contribution < -0.4 is 0 Å². The van der Waals surface area contributed by atoms with Crippen LogP contribution in [0.25, 0.3) is 11.0 Å². The van der Waals surface area contributed by atoms with Crippen molar-refractivity contribution in [2.45, 2.75) is 45.3 Å². The summed E-state index contributed by atoms with van der Waals surface area (Å²) in [6.07, 6.45) is 1.79. The Morgan fingerprint density at radius 1 is 1.30 bits per heavy atom. The lowest BCUT2D eigenvalue weighted by molar-refractivity contribution is -0.0372. The third kappa shape index (κ3) is 3.19. The third-order valence-corrected chi connectivity index (χ3v) is 3.65. The van der Waals surface area contributed by atoms with Gasteiger partial charge in [0, 0.05) is 20.1 Å². The van der Waals surface area contributed by atoms with Crippen LogP contribution in [0.1, 0.15) is 32.5 Å². The molecule has 0 aliphatic carbocycles. The molecule has 2 unspecified atom stereocenters. The van der Waals surface area contributed by atoms with E-state index in [9.17, 15) is 5.11 Å². The Kier molecular flexibility index (Phi) is 5.15. The van der Waals surface area contributed by atoms with Crippen molar-refractivity contribution in [2.24, 2.45) is 7.05 Å². The summed E-state index contributed by atoms with van der Waals surface area (Å²) in [7, 11) is 1.99. The highest BCUT2D eigenvalue weighted by molar-refractivity contribution is 5.75. The van der Waals surface area contributed by atoms with E-state index in [0.29, 0.717) is 13.0 Å². The second-order valence-corrected chi connectivity index (χ2v) is 5.13. The number of aryl methyl sites for hydroxylation is 1. The van der Waals surface area contributed by atoms with E-state index in [2.05, 4.69) is 11.9 Å². The number of hydrogen-bond donors (Lipinski definition) is 1. The summed E-state index contributed by atoms with van der Waals surface area (Å²) in [6.45, 7) is 4.70. The molecule has 0 aliphatic heterocycles. The van der Waals surface area contributed by atoms with E-state index in [1.165, 1.54) is 0 Å². The van der Waals surface area contributed by atoms with Crippen LogP contribution >= 0.6 is 0 Å². The lowest BCUT2D eigenvalue weighted by Gasteiger charge is -2.22. The number of imidazole rings is 1. The Balaban J connectivity index is 2.16. The first-order valence-electron chi connectivity index (χ1n) is 7.37. The van der Waals surface area contributed by atoms with Gasteiger partial charge in [0.2, 0.25) is 0 Å². The molecule has 1 aromatic heterocycles. The molecule has 0 amide bonds. The lowest BCUT2D eigenvalue weighted by atomic mass is 10.1. The van der Waals surface area contributed by atoms with Gasteiger partial charge < -0.3 is 14.4 Å². The summed E-state index contributed by atoms with van der Waals surface area (Å²) in [5, 5.41) is 10.4. The zero-order valence-corrected chi connectivity index (χ0v) is 12.5. The molecule has 2 atom stereocenters. The van der Waals surface area contributed by atoms with Crippen molar-refractivity contribution in [1.29, 1.82) is 0 Å². The minimum Gasteiger partial charge on any atom is -0.390 e. The number of aliphatic hydroxyl groups excluding tert-OH is 1. The molecule has 2 aromatic rings. The van der Waals surface area contributed by atoms with Crippen molar-refractivity contribution in [2.75, 3.05) is 6.61 Å². The van der Waals surface area contributed by atoms with Crippen molar-refractivity contribution < 1.29 is 9.84 Å². The Morgan fingerprint density at radius 2 is 2.05 bits per heavy atom. The van der Waals surface area contributed by atoms with Gasteiger partial charge in [-0.2, -0.15) is 0 Å². The highest BCUT2D eigenvalue weighted by Gasteiger charge is 2.21. The number of aromatic nitrogens is 2. The highest BCUT2D eigenvalue weighted by atomic mass is 16.5. The fraction of sp³-hybridized carbons (Fsp3) is 0.562. The second-order valence-electron chi connectivity index (χ2n) is 5.13. The first-order valence-corrected chi connectivity index (χ1v) is 7.37. The van der Waals surface area contributed by atoms with E-state index in [1.54, 1.807) is 0 Å². The smallest absolute Gasteiger partial charge is 0.112 e. The molecule has 0 spiro atoms. The van der Waals surface area contributed by atoms with Crippen molar-refractivity contribution in [3.05, 3.63) is 30.1 Å². The Hall–Kier alpha value is -1.39. The molecular formula is C16H24N2O2. The van der Waals surface area contributed by atoms with Crippen LogP contribution in [-0.4, -0.2) is 33.5 Å². The molecule has 0 fully saturated rings. The quantitative estimate of drug-likeness (QED) is 0.845. The van der Waals surface area contributed by atoms with Gasteiger partial charge in [0.1, 0.15) is 5.82 Å². The highest BCUT2D eigenvalue weighted by Crippen LogP contribution is 2.17. The summed E-state index contributed by atoms with van der Waals surface area (Å²) in [5.41, 5.74) is 2.07. The van der Waals surface area contributed by atoms with Gasteiger partial charge in [-0.25, -0.2) is 4.98 Å². The van der Waals surface area contributed by atoms with Crippen LogP contribution in [0.3, 0.4) is 0 Å². The van der Waals surface area contributed by atoms with Crippen LogP contribution in [0.5, 0.6) is 0 Å². The molecule has 20 heavy (non-hydrogen) atoms. The third-order valence-electron chi connectivity index (χ3n) is 3.65. The summed E-state index contributed by atoms with van der Waals surface area (Å²) in [6, 6.07) is 8.03. The molecular weight excluding hydrogens is 252 g/mol. The lowest BCUT2D eigenvalue weighted by Crippen LogP contribution is -2.31. The topological polar surface area (TPSA) is 47.3 Å². The maximum atomic E-state index is 10.4. The first kappa shape index (κ1) is 15.0. The van der Waals surface area contributed by atoms with Crippen molar-refractivity contribution in [3.8, 4) is 0 Å². The fourth-order valence-corrected chi connectivity index (χ4v) is 2.58. The zero-order chi connectivity index (χ0) is 14.5. The van der Waals surface area contributed by atoms with Gasteiger partial charge >= 0.3 is 0 Å². The number of para-hydroxylation sites is 2. The summed E-state index contributed by atoms with van der Waals surface area (Å²) >= 11 is 0. The summed E-state index contributed by atoms with van der Waals surface area (Å²) < 4.78 is 7.69. The molecule has 110 valence electrons. The van der Waals surface area contributed by atoms with Gasteiger partial charge in [-0.05, 0) is 25.5 Å². The summed E-state index contributed by atoms with van der Waals surface area (Å²) in [5.74, 6) is 0.902. The summed E-state index contributed by atoms with van der Waals surface area (Å²) in [4.78, 5) is 4.60. The number of hydrogen-bond acceptors (Lipinski definition) is 3. The molecule has 0 saturated carbocycles. The predicted molar refractivity (Wildman–Crippen MR) is 80.7 cm³/mol. The number of rotatable bonds is 7. The molecule has 0 aliphatic rings. The Bertz CT molecular complexity index is 544. The Labute approximate surface area is 120 Å². The van der Waals surface area contributed by atoms with Gasteiger partial charge in [-0.3, -0.25) is 0 Å². The van der Waals surface area contributed by atoms with Crippen LogP contribution in [-0.2, 0) is 18.2 Å². The van der Waals surface area contributed by atoms with E-state index < -0.39 is 6.10 Å². The van der Waals surface area contributed by atoms with Gasteiger partial charge in [-0.15, -0.1) is 0 Å². The van der Waals surface area contributed by atoms with Crippen LogP contribution in [0.2, 0.25) is 0 Å². The number of ether oxygens (including phenoxy) is 1. The average molecular weight is 276 g/mol. The number of nitrogens with zero attached hydrogens (tertiary/aromatic N) is 2. The number of benzene rings is 1. The van der Waals surface area contributed by atoms with Crippen LogP contribution in [0.15, 0.2) is 24.3 Å². The fourth-order valence-electron chi connectivity index (χ4n) is 2.58. The van der Waals surface area contributed by atoms with E-state index in [1.807, 2.05) is 42.8 Å². The minimum atomic E-state index is -0.509. The van der Waals surface area contributed by atoms with E-state index in [-0.39, 0.29) is 6.10 Å². The maximum absolute atomic E-state index is 10.4. The van der Waals surface area contributed by atoms with Crippen molar-refractivity contribution in [3.63, 3.8) is 0 Å². The van der Waals surface area contributed by atoms with Gasteiger partial charge in [-0.1, -0.05) is 25.5 Å². The molecule has 1 heterocycles. The molecule has 2 rings (SSSR count). The Morgan fingerprint density at radius 3 is 2.70 bits per heavy atom. The SMILES string of the molecule is CCCC(OCC)C(O)Cc1nc2ccccc2n1C. The second kappa shape index (κ2) is 6.86. The average Bonchev–Trinajstić information content (AvgIpc) is 2.76. The van der Waals surface area contributed by atoms with E-state index >= 15 is 0 Å². The minimum absolute atomic E-state index is 0.107. The number of fused-ring (bicyclic) bond motifs is 1. The van der Waals surface area contributed by atoms with Gasteiger partial charge in [0.15, 0.2) is 0 Å². The van der Waals surface area contributed by atoms with E-state index in [0.717, 1.165) is 29.7 Å². The normalized spacial score (nSPS) is 14.6. The predicted octanol–water partition coefficient (Wildman–Crippen LogP) is 2.68. The van der Waals surface area contributed by atoms with E-state index in [4.69, 9.17) is 4.74 Å². The molecule has 4 nitrogen and oxygen atoms in total. The molecule has 0 saturated heterocycles. The van der Waals surface area contributed by atoms with Crippen molar-refractivity contribution >= 4 is 11.0 Å².